The Hall–Kier alpha value is -2.02. The third-order valence-corrected chi connectivity index (χ3v) is 7.58. The number of benzene rings is 2. The Balaban J connectivity index is 1.37. The molecule has 2 N–H and O–H groups in total. The number of nitrogens with zero attached hydrogens (tertiary/aromatic N) is 2. The molecule has 2 aliphatic rings. The van der Waals surface area contributed by atoms with Crippen molar-refractivity contribution in [2.75, 3.05) is 38.5 Å². The first kappa shape index (κ1) is 21.2. The molecule has 0 amide bonds. The normalized spacial score (nSPS) is 22.0. The molecule has 1 fully saturated rings. The molecule has 4 nitrogen and oxygen atoms in total. The smallest absolute Gasteiger partial charge is 0.167 e. The lowest BCUT2D eigenvalue weighted by Crippen LogP contribution is -2.44. The molecule has 158 valence electrons. The van der Waals surface area contributed by atoms with Crippen LogP contribution in [0.5, 0.6) is 5.75 Å². The van der Waals surface area contributed by atoms with Crippen LogP contribution in [0.4, 0.5) is 0 Å². The number of rotatable bonds is 6. The molecule has 1 saturated heterocycles. The van der Waals surface area contributed by atoms with Crippen molar-refractivity contribution in [3.05, 3.63) is 71.8 Å². The standard InChI is InChI=1S/C24H29N3OS2/c1-24(27(23(25)29)16-18-30-24)21-9-5-6-10-22(21)28-17-15-26-13-11-20(12-14-26)19-7-3-2-4-8-19/h2-11H,12-18H2,1H3,(H2,25,29). The minimum Gasteiger partial charge on any atom is -0.492 e. The third-order valence-electron chi connectivity index (χ3n) is 5.97. The van der Waals surface area contributed by atoms with Crippen molar-refractivity contribution in [3.8, 4) is 5.75 Å². The molecule has 0 saturated carbocycles. The maximum absolute atomic E-state index is 6.27. The van der Waals surface area contributed by atoms with Gasteiger partial charge in [0.15, 0.2) is 5.11 Å². The molecule has 2 aliphatic heterocycles. The average molecular weight is 440 g/mol. The van der Waals surface area contributed by atoms with E-state index in [1.54, 1.807) is 0 Å². The van der Waals surface area contributed by atoms with Gasteiger partial charge in [0.1, 0.15) is 17.2 Å². The van der Waals surface area contributed by atoms with Gasteiger partial charge in [0.2, 0.25) is 0 Å². The first-order valence-electron chi connectivity index (χ1n) is 10.5. The van der Waals surface area contributed by atoms with E-state index in [-0.39, 0.29) is 4.87 Å². The van der Waals surface area contributed by atoms with Gasteiger partial charge in [-0.2, -0.15) is 0 Å². The number of thiocarbonyl (C=S) groups is 1. The van der Waals surface area contributed by atoms with Crippen molar-refractivity contribution in [2.24, 2.45) is 5.73 Å². The summed E-state index contributed by atoms with van der Waals surface area (Å²) in [6.45, 7) is 6.67. The molecule has 2 aromatic carbocycles. The topological polar surface area (TPSA) is 41.7 Å². The number of nitrogens with two attached hydrogens (primary N) is 1. The number of para-hydroxylation sites is 1. The molecule has 4 rings (SSSR count). The Morgan fingerprint density at radius 1 is 1.13 bits per heavy atom. The zero-order chi connectivity index (χ0) is 21.0. The lowest BCUT2D eigenvalue weighted by molar-refractivity contribution is 0.217. The fourth-order valence-corrected chi connectivity index (χ4v) is 5.93. The largest absolute Gasteiger partial charge is 0.492 e. The van der Waals surface area contributed by atoms with Crippen LogP contribution in [0.25, 0.3) is 5.57 Å². The number of ether oxygens (including phenoxy) is 1. The summed E-state index contributed by atoms with van der Waals surface area (Å²) in [5.74, 6) is 1.93. The van der Waals surface area contributed by atoms with E-state index in [1.165, 1.54) is 11.1 Å². The Labute approximate surface area is 189 Å². The Morgan fingerprint density at radius 3 is 2.63 bits per heavy atom. The van der Waals surface area contributed by atoms with Crippen LogP contribution in [0.15, 0.2) is 60.7 Å². The van der Waals surface area contributed by atoms with Gasteiger partial charge in [-0.3, -0.25) is 4.90 Å². The van der Waals surface area contributed by atoms with Gasteiger partial charge in [-0.05, 0) is 42.8 Å². The van der Waals surface area contributed by atoms with E-state index in [2.05, 4.69) is 71.3 Å². The maximum atomic E-state index is 6.27. The lowest BCUT2D eigenvalue weighted by atomic mass is 10.00. The molecule has 0 spiro atoms. The van der Waals surface area contributed by atoms with Crippen LogP contribution in [-0.4, -0.2) is 53.5 Å². The fraction of sp³-hybridized carbons (Fsp3) is 0.375. The predicted octanol–water partition coefficient (Wildman–Crippen LogP) is 4.32. The van der Waals surface area contributed by atoms with Gasteiger partial charge >= 0.3 is 0 Å². The van der Waals surface area contributed by atoms with Crippen molar-refractivity contribution < 1.29 is 4.74 Å². The lowest BCUT2D eigenvalue weighted by Gasteiger charge is -2.36. The molecule has 1 atom stereocenters. The van der Waals surface area contributed by atoms with Crippen molar-refractivity contribution in [3.63, 3.8) is 0 Å². The molecule has 2 heterocycles. The van der Waals surface area contributed by atoms with Crippen LogP contribution in [0.2, 0.25) is 0 Å². The van der Waals surface area contributed by atoms with Gasteiger partial charge in [-0.1, -0.05) is 54.6 Å². The number of thioether (sulfide) groups is 1. The highest BCUT2D eigenvalue weighted by Crippen LogP contribution is 2.47. The van der Waals surface area contributed by atoms with Crippen LogP contribution >= 0.6 is 24.0 Å². The van der Waals surface area contributed by atoms with Crippen molar-refractivity contribution in [1.29, 1.82) is 0 Å². The zero-order valence-corrected chi connectivity index (χ0v) is 19.1. The van der Waals surface area contributed by atoms with Crippen molar-refractivity contribution in [1.82, 2.24) is 9.80 Å². The summed E-state index contributed by atoms with van der Waals surface area (Å²) in [7, 11) is 0. The van der Waals surface area contributed by atoms with Gasteiger partial charge in [0.25, 0.3) is 0 Å². The van der Waals surface area contributed by atoms with Gasteiger partial charge in [-0.15, -0.1) is 11.8 Å². The summed E-state index contributed by atoms with van der Waals surface area (Å²) in [6, 6.07) is 19.0. The zero-order valence-electron chi connectivity index (χ0n) is 17.4. The maximum Gasteiger partial charge on any atom is 0.167 e. The van der Waals surface area contributed by atoms with E-state index in [4.69, 9.17) is 22.7 Å². The van der Waals surface area contributed by atoms with Gasteiger partial charge in [-0.25, -0.2) is 0 Å². The first-order chi connectivity index (χ1) is 14.6. The molecule has 30 heavy (non-hydrogen) atoms. The first-order valence-corrected chi connectivity index (χ1v) is 11.9. The Bertz CT molecular complexity index is 918. The summed E-state index contributed by atoms with van der Waals surface area (Å²) in [5.41, 5.74) is 9.93. The molecule has 0 aromatic heterocycles. The van der Waals surface area contributed by atoms with Gasteiger partial charge < -0.3 is 15.4 Å². The van der Waals surface area contributed by atoms with E-state index in [1.807, 2.05) is 17.8 Å². The molecule has 0 bridgehead atoms. The summed E-state index contributed by atoms with van der Waals surface area (Å²) in [6.07, 6.45) is 3.43. The molecule has 2 aromatic rings. The second-order valence-corrected chi connectivity index (χ2v) is 9.72. The quantitative estimate of drug-likeness (QED) is 0.676. The average Bonchev–Trinajstić information content (AvgIpc) is 3.18. The monoisotopic (exact) mass is 439 g/mol. The van der Waals surface area contributed by atoms with Gasteiger partial charge in [0.05, 0.1) is 0 Å². The predicted molar refractivity (Wildman–Crippen MR) is 131 cm³/mol. The SMILES string of the molecule is CC1(c2ccccc2OCCN2CC=C(c3ccccc3)CC2)SCCN1C(N)=S. The van der Waals surface area contributed by atoms with E-state index >= 15 is 0 Å². The van der Waals surface area contributed by atoms with Crippen LogP contribution in [0.1, 0.15) is 24.5 Å². The van der Waals surface area contributed by atoms with Crippen LogP contribution in [0, 0.1) is 0 Å². The summed E-state index contributed by atoms with van der Waals surface area (Å²) >= 11 is 7.17. The summed E-state index contributed by atoms with van der Waals surface area (Å²) in [4.78, 5) is 4.28. The molecular weight excluding hydrogens is 410 g/mol. The molecule has 1 unspecified atom stereocenters. The Kier molecular flexibility index (Phi) is 6.66. The fourth-order valence-electron chi connectivity index (χ4n) is 4.26. The summed E-state index contributed by atoms with van der Waals surface area (Å²) < 4.78 is 6.27. The minimum absolute atomic E-state index is 0.277. The number of hydrogen-bond donors (Lipinski definition) is 1. The van der Waals surface area contributed by atoms with Gasteiger partial charge in [0, 0.05) is 37.5 Å². The van der Waals surface area contributed by atoms with E-state index in [0.29, 0.717) is 11.7 Å². The van der Waals surface area contributed by atoms with E-state index in [0.717, 1.165) is 49.7 Å². The van der Waals surface area contributed by atoms with E-state index in [9.17, 15) is 0 Å². The molecular formula is C24H29N3OS2. The molecule has 0 radical (unpaired) electrons. The molecule has 0 aliphatic carbocycles. The minimum atomic E-state index is -0.277. The highest BCUT2D eigenvalue weighted by molar-refractivity contribution is 8.00. The molecule has 6 heteroatoms. The Morgan fingerprint density at radius 2 is 1.90 bits per heavy atom. The highest BCUT2D eigenvalue weighted by Gasteiger charge is 2.41. The van der Waals surface area contributed by atoms with Crippen LogP contribution < -0.4 is 10.5 Å². The highest BCUT2D eigenvalue weighted by atomic mass is 32.2. The van der Waals surface area contributed by atoms with E-state index < -0.39 is 0 Å². The van der Waals surface area contributed by atoms with Crippen molar-refractivity contribution >= 4 is 34.7 Å². The third kappa shape index (κ3) is 4.51. The second kappa shape index (κ2) is 9.41. The second-order valence-electron chi connectivity index (χ2n) is 7.81. The number of hydrogen-bond acceptors (Lipinski definition) is 4. The van der Waals surface area contributed by atoms with Crippen LogP contribution in [0.3, 0.4) is 0 Å². The summed E-state index contributed by atoms with van der Waals surface area (Å²) in [5, 5.41) is 0.451. The van der Waals surface area contributed by atoms with Crippen molar-refractivity contribution in [2.45, 2.75) is 18.2 Å². The van der Waals surface area contributed by atoms with Crippen LogP contribution in [-0.2, 0) is 4.87 Å².